The predicted octanol–water partition coefficient (Wildman–Crippen LogP) is 1.78. The number of rotatable bonds is 8. The van der Waals surface area contributed by atoms with Gasteiger partial charge in [0.25, 0.3) is 11.8 Å². The Bertz CT molecular complexity index is 676. The van der Waals surface area contributed by atoms with Crippen molar-refractivity contribution in [1.29, 1.82) is 0 Å². The number of esters is 1. The van der Waals surface area contributed by atoms with Gasteiger partial charge in [-0.3, -0.25) is 19.3 Å². The van der Waals surface area contributed by atoms with E-state index in [0.29, 0.717) is 25.8 Å². The standard InChI is InChI=1S/C17H17NO6/c19-14-9-10-15(20)18(14)11-5-1-2-8-16(21)24-13-7-4-3-6-12(13)17(22)23/h3-4,6-7,9-10H,1-2,5,8,11H2,(H,22,23). The number of amides is 2. The van der Waals surface area contributed by atoms with Gasteiger partial charge in [-0.25, -0.2) is 4.79 Å². The van der Waals surface area contributed by atoms with Gasteiger partial charge in [0.1, 0.15) is 11.3 Å². The van der Waals surface area contributed by atoms with E-state index in [9.17, 15) is 19.2 Å². The van der Waals surface area contributed by atoms with E-state index in [1.54, 1.807) is 12.1 Å². The number of carboxylic acid groups (broad SMARTS) is 1. The van der Waals surface area contributed by atoms with Crippen molar-refractivity contribution >= 4 is 23.8 Å². The summed E-state index contributed by atoms with van der Waals surface area (Å²) >= 11 is 0. The Labute approximate surface area is 138 Å². The first-order chi connectivity index (χ1) is 11.5. The lowest BCUT2D eigenvalue weighted by molar-refractivity contribution is -0.137. The van der Waals surface area contributed by atoms with E-state index in [1.807, 2.05) is 0 Å². The molecular formula is C17H17NO6. The minimum Gasteiger partial charge on any atom is -0.478 e. The van der Waals surface area contributed by atoms with Gasteiger partial charge in [-0.15, -0.1) is 0 Å². The third-order valence-corrected chi connectivity index (χ3v) is 3.50. The molecular weight excluding hydrogens is 314 g/mol. The zero-order valence-electron chi connectivity index (χ0n) is 12.9. The highest BCUT2D eigenvalue weighted by Crippen LogP contribution is 2.19. The fourth-order valence-electron chi connectivity index (χ4n) is 2.27. The Morgan fingerprint density at radius 1 is 1.00 bits per heavy atom. The predicted molar refractivity (Wildman–Crippen MR) is 83.4 cm³/mol. The Morgan fingerprint density at radius 2 is 1.67 bits per heavy atom. The lowest BCUT2D eigenvalue weighted by Gasteiger charge is -2.13. The van der Waals surface area contributed by atoms with Crippen LogP contribution in [0.3, 0.4) is 0 Å². The summed E-state index contributed by atoms with van der Waals surface area (Å²) in [5.41, 5.74) is -0.0654. The maximum absolute atomic E-state index is 11.8. The molecule has 1 aliphatic rings. The molecule has 1 aliphatic heterocycles. The Morgan fingerprint density at radius 3 is 2.33 bits per heavy atom. The average Bonchev–Trinajstić information content (AvgIpc) is 2.86. The molecule has 2 amide bonds. The molecule has 0 saturated carbocycles. The van der Waals surface area contributed by atoms with E-state index in [1.165, 1.54) is 24.3 Å². The lowest BCUT2D eigenvalue weighted by Crippen LogP contribution is -2.30. The molecule has 24 heavy (non-hydrogen) atoms. The highest BCUT2D eigenvalue weighted by Gasteiger charge is 2.22. The molecule has 7 heteroatoms. The number of unbranched alkanes of at least 4 members (excludes halogenated alkanes) is 2. The molecule has 0 unspecified atom stereocenters. The first-order valence-electron chi connectivity index (χ1n) is 7.55. The van der Waals surface area contributed by atoms with Gasteiger partial charge in [0.2, 0.25) is 0 Å². The minimum absolute atomic E-state index is 0.0225. The van der Waals surface area contributed by atoms with Crippen LogP contribution < -0.4 is 4.74 Å². The second kappa shape index (κ2) is 8.05. The van der Waals surface area contributed by atoms with Crippen LogP contribution in [-0.2, 0) is 14.4 Å². The molecule has 0 bridgehead atoms. The molecule has 0 fully saturated rings. The van der Waals surface area contributed by atoms with Gasteiger partial charge >= 0.3 is 11.9 Å². The monoisotopic (exact) mass is 331 g/mol. The van der Waals surface area contributed by atoms with Crippen molar-refractivity contribution in [1.82, 2.24) is 4.90 Å². The molecule has 1 aromatic carbocycles. The van der Waals surface area contributed by atoms with Crippen molar-refractivity contribution in [2.45, 2.75) is 25.7 Å². The fraction of sp³-hybridized carbons (Fsp3) is 0.294. The molecule has 0 radical (unpaired) electrons. The number of imide groups is 1. The van der Waals surface area contributed by atoms with Gasteiger partial charge in [0.05, 0.1) is 0 Å². The number of aromatic carboxylic acids is 1. The number of benzene rings is 1. The number of hydrogen-bond donors (Lipinski definition) is 1. The van der Waals surface area contributed by atoms with Gasteiger partial charge < -0.3 is 9.84 Å². The van der Waals surface area contributed by atoms with Crippen LogP contribution in [0.1, 0.15) is 36.0 Å². The van der Waals surface area contributed by atoms with Gasteiger partial charge in [0.15, 0.2) is 0 Å². The molecule has 0 spiro atoms. The maximum Gasteiger partial charge on any atom is 0.339 e. The van der Waals surface area contributed by atoms with E-state index in [4.69, 9.17) is 9.84 Å². The van der Waals surface area contributed by atoms with Crippen LogP contribution in [0.4, 0.5) is 0 Å². The molecule has 7 nitrogen and oxygen atoms in total. The summed E-state index contributed by atoms with van der Waals surface area (Å²) in [5.74, 6) is -2.28. The van der Waals surface area contributed by atoms with E-state index in [0.717, 1.165) is 4.90 Å². The number of nitrogens with zero attached hydrogens (tertiary/aromatic N) is 1. The zero-order valence-corrected chi connectivity index (χ0v) is 12.9. The van der Waals surface area contributed by atoms with Crippen molar-refractivity contribution in [2.75, 3.05) is 6.54 Å². The summed E-state index contributed by atoms with van der Waals surface area (Å²) in [4.78, 5) is 46.6. The molecule has 0 aromatic heterocycles. The summed E-state index contributed by atoms with van der Waals surface area (Å²) in [6, 6.07) is 5.94. The summed E-state index contributed by atoms with van der Waals surface area (Å²) in [5, 5.41) is 9.02. The van der Waals surface area contributed by atoms with E-state index in [-0.39, 0.29) is 29.5 Å². The smallest absolute Gasteiger partial charge is 0.339 e. The van der Waals surface area contributed by atoms with Gasteiger partial charge in [0, 0.05) is 25.1 Å². The van der Waals surface area contributed by atoms with Crippen LogP contribution in [-0.4, -0.2) is 40.3 Å². The van der Waals surface area contributed by atoms with Gasteiger partial charge in [-0.1, -0.05) is 18.6 Å². The largest absolute Gasteiger partial charge is 0.478 e. The highest BCUT2D eigenvalue weighted by atomic mass is 16.5. The molecule has 0 atom stereocenters. The number of carbonyl (C=O) groups excluding carboxylic acids is 3. The Hall–Kier alpha value is -2.96. The van der Waals surface area contributed by atoms with Gasteiger partial charge in [-0.2, -0.15) is 0 Å². The highest BCUT2D eigenvalue weighted by molar-refractivity contribution is 6.12. The first-order valence-corrected chi connectivity index (χ1v) is 7.55. The van der Waals surface area contributed by atoms with Crippen LogP contribution in [0.2, 0.25) is 0 Å². The van der Waals surface area contributed by atoms with E-state index < -0.39 is 11.9 Å². The van der Waals surface area contributed by atoms with Crippen LogP contribution in [0, 0.1) is 0 Å². The second-order valence-corrected chi connectivity index (χ2v) is 5.25. The Kier molecular flexibility index (Phi) is 5.83. The van der Waals surface area contributed by atoms with Crippen LogP contribution in [0.15, 0.2) is 36.4 Å². The number of para-hydroxylation sites is 1. The molecule has 1 aromatic rings. The average molecular weight is 331 g/mol. The van der Waals surface area contributed by atoms with Crippen molar-refractivity contribution in [3.8, 4) is 5.75 Å². The summed E-state index contributed by atoms with van der Waals surface area (Å²) in [6.45, 7) is 0.321. The molecule has 0 aliphatic carbocycles. The number of carbonyl (C=O) groups is 4. The van der Waals surface area contributed by atoms with Crippen LogP contribution in [0.25, 0.3) is 0 Å². The van der Waals surface area contributed by atoms with Crippen molar-refractivity contribution < 1.29 is 29.0 Å². The van der Waals surface area contributed by atoms with Crippen molar-refractivity contribution in [3.63, 3.8) is 0 Å². The topological polar surface area (TPSA) is 101 Å². The first kappa shape index (κ1) is 17.4. The molecule has 1 N–H and O–H groups in total. The van der Waals surface area contributed by atoms with Crippen LogP contribution in [0.5, 0.6) is 5.75 Å². The fourth-order valence-corrected chi connectivity index (χ4v) is 2.27. The number of carboxylic acids is 1. The zero-order chi connectivity index (χ0) is 17.5. The molecule has 126 valence electrons. The third-order valence-electron chi connectivity index (χ3n) is 3.50. The van der Waals surface area contributed by atoms with E-state index in [2.05, 4.69) is 0 Å². The van der Waals surface area contributed by atoms with Gasteiger partial charge in [-0.05, 0) is 25.0 Å². The second-order valence-electron chi connectivity index (χ2n) is 5.25. The van der Waals surface area contributed by atoms with E-state index >= 15 is 0 Å². The molecule has 1 heterocycles. The summed E-state index contributed by atoms with van der Waals surface area (Å²) in [6.07, 6.45) is 4.37. The summed E-state index contributed by atoms with van der Waals surface area (Å²) < 4.78 is 5.07. The normalized spacial score (nSPS) is 13.4. The quantitative estimate of drug-likeness (QED) is 0.337. The van der Waals surface area contributed by atoms with Crippen molar-refractivity contribution in [2.24, 2.45) is 0 Å². The minimum atomic E-state index is -1.16. The molecule has 2 rings (SSSR count). The Balaban J connectivity index is 1.70. The molecule has 0 saturated heterocycles. The SMILES string of the molecule is O=C(CCCCCN1C(=O)C=CC1=O)Oc1ccccc1C(=O)O. The third kappa shape index (κ3) is 4.52. The summed E-state index contributed by atoms with van der Waals surface area (Å²) in [7, 11) is 0. The lowest BCUT2D eigenvalue weighted by atomic mass is 10.2. The van der Waals surface area contributed by atoms with Crippen molar-refractivity contribution in [3.05, 3.63) is 42.0 Å². The van der Waals surface area contributed by atoms with Crippen LogP contribution >= 0.6 is 0 Å². The number of ether oxygens (including phenoxy) is 1. The maximum atomic E-state index is 11.8. The number of hydrogen-bond acceptors (Lipinski definition) is 5.